The lowest BCUT2D eigenvalue weighted by molar-refractivity contribution is 0.142. The molecule has 1 aromatic carbocycles. The number of hydrogen-bond donors (Lipinski definition) is 1. The fourth-order valence-electron chi connectivity index (χ4n) is 3.96. The van der Waals surface area contributed by atoms with Crippen LogP contribution in [0.5, 0.6) is 11.8 Å². The molecule has 1 amide bonds. The fourth-order valence-corrected chi connectivity index (χ4v) is 5.44. The number of amides is 1. The van der Waals surface area contributed by atoms with Crippen molar-refractivity contribution in [2.24, 2.45) is 0 Å². The third kappa shape index (κ3) is 7.04. The van der Waals surface area contributed by atoms with E-state index in [1.807, 2.05) is 30.0 Å². The molecule has 0 saturated carbocycles. The Morgan fingerprint density at radius 1 is 1.02 bits per heavy atom. The number of halogens is 2. The van der Waals surface area contributed by atoms with Crippen molar-refractivity contribution >= 4 is 43.4 Å². The van der Waals surface area contributed by atoms with Crippen molar-refractivity contribution < 1.29 is 19.1 Å². The van der Waals surface area contributed by atoms with Gasteiger partial charge in [-0.05, 0) is 54.9 Å². The van der Waals surface area contributed by atoms with Gasteiger partial charge in [-0.15, -0.1) is 0 Å². The van der Waals surface area contributed by atoms with Gasteiger partial charge in [0.25, 0.3) is 0 Å². The van der Waals surface area contributed by atoms with Gasteiger partial charge in [-0.1, -0.05) is 44.0 Å². The molecule has 1 fully saturated rings. The lowest BCUT2D eigenvalue weighted by Gasteiger charge is -2.36. The number of hydrogen-bond acceptors (Lipinski definition) is 7. The Bertz CT molecular complexity index is 1350. The van der Waals surface area contributed by atoms with Crippen LogP contribution in [-0.4, -0.2) is 65.5 Å². The van der Waals surface area contributed by atoms with Crippen LogP contribution in [0.1, 0.15) is 31.9 Å². The minimum atomic E-state index is -2.02. The molecule has 1 saturated heterocycles. The summed E-state index contributed by atoms with van der Waals surface area (Å²) < 4.78 is 12.7. The van der Waals surface area contributed by atoms with Gasteiger partial charge in [-0.25, -0.2) is 19.7 Å². The van der Waals surface area contributed by atoms with Crippen molar-refractivity contribution in [2.75, 3.05) is 31.1 Å². The van der Waals surface area contributed by atoms with E-state index < -0.39 is 14.4 Å². The van der Waals surface area contributed by atoms with Crippen molar-refractivity contribution in [3.05, 3.63) is 57.8 Å². The van der Waals surface area contributed by atoms with Crippen LogP contribution in [0.2, 0.25) is 28.2 Å². The quantitative estimate of drug-likeness (QED) is 0.281. The van der Waals surface area contributed by atoms with Crippen molar-refractivity contribution in [2.45, 2.75) is 52.4 Å². The second kappa shape index (κ2) is 11.9. The molecule has 1 aliphatic rings. The Kier molecular flexibility index (Phi) is 8.94. The highest BCUT2D eigenvalue weighted by molar-refractivity contribution is 6.74. The minimum absolute atomic E-state index is 0.0637. The predicted octanol–water partition coefficient (Wildman–Crippen LogP) is 7.27. The van der Waals surface area contributed by atoms with Crippen LogP contribution in [-0.2, 0) is 11.0 Å². The molecule has 0 bridgehead atoms. The Morgan fingerprint density at radius 3 is 2.23 bits per heavy atom. The van der Waals surface area contributed by atoms with Crippen LogP contribution in [0.15, 0.2) is 36.7 Å². The van der Waals surface area contributed by atoms with E-state index in [-0.39, 0.29) is 5.04 Å². The van der Waals surface area contributed by atoms with Gasteiger partial charge in [-0.2, -0.15) is 0 Å². The standard InChI is InChI=1S/C28H35Cl2N5O4Si/c1-18-20(17-38-40(5,6)28(2,3)4)13-23(19-11-21(29)14-22(30)12-19)33-26(18)39-25-16-31-24(15-32-25)34-7-9-35(10-8-34)27(36)37/h11-16H,7-10,17H2,1-6H3,(H,36,37). The van der Waals surface area contributed by atoms with E-state index in [0.29, 0.717) is 66.1 Å². The average Bonchev–Trinajstić information content (AvgIpc) is 2.88. The number of benzene rings is 1. The second-order valence-corrected chi connectivity index (χ2v) is 17.1. The molecule has 0 aliphatic carbocycles. The first kappa shape index (κ1) is 30.0. The van der Waals surface area contributed by atoms with Crippen LogP contribution >= 0.6 is 23.2 Å². The number of pyridine rings is 1. The molecule has 9 nitrogen and oxygen atoms in total. The number of aromatic nitrogens is 3. The molecular formula is C28H35Cl2N5O4Si. The Hall–Kier alpha value is -2.92. The summed E-state index contributed by atoms with van der Waals surface area (Å²) in [6.07, 6.45) is 2.27. The zero-order valence-electron chi connectivity index (χ0n) is 23.7. The summed E-state index contributed by atoms with van der Waals surface area (Å²) in [6.45, 7) is 15.3. The molecule has 0 unspecified atom stereocenters. The van der Waals surface area contributed by atoms with E-state index in [1.165, 1.54) is 4.90 Å². The van der Waals surface area contributed by atoms with Crippen molar-refractivity contribution in [1.29, 1.82) is 0 Å². The van der Waals surface area contributed by atoms with Gasteiger partial charge in [-0.3, -0.25) is 0 Å². The summed E-state index contributed by atoms with van der Waals surface area (Å²) in [5.74, 6) is 1.34. The number of carbonyl (C=O) groups is 1. The van der Waals surface area contributed by atoms with E-state index in [2.05, 4.69) is 43.8 Å². The maximum Gasteiger partial charge on any atom is 0.407 e. The van der Waals surface area contributed by atoms with Gasteiger partial charge in [0.1, 0.15) is 5.82 Å². The van der Waals surface area contributed by atoms with E-state index in [9.17, 15) is 9.90 Å². The Labute approximate surface area is 246 Å². The van der Waals surface area contributed by atoms with E-state index in [4.69, 9.17) is 37.3 Å². The maximum atomic E-state index is 11.2. The number of ether oxygens (including phenoxy) is 1. The van der Waals surface area contributed by atoms with Gasteiger partial charge >= 0.3 is 6.09 Å². The molecule has 1 N–H and O–H groups in total. The summed E-state index contributed by atoms with van der Waals surface area (Å²) in [5.41, 5.74) is 3.20. The SMILES string of the molecule is Cc1c(CO[Si](C)(C)C(C)(C)C)cc(-c2cc(Cl)cc(Cl)c2)nc1Oc1cnc(N2CCN(C(=O)O)CC2)cn1. The Morgan fingerprint density at radius 2 is 1.68 bits per heavy atom. The number of anilines is 1. The second-order valence-electron chi connectivity index (χ2n) is 11.4. The Balaban J connectivity index is 1.61. The lowest BCUT2D eigenvalue weighted by atomic mass is 10.1. The summed E-state index contributed by atoms with van der Waals surface area (Å²) in [7, 11) is -2.02. The summed E-state index contributed by atoms with van der Waals surface area (Å²) in [5, 5.41) is 10.3. The van der Waals surface area contributed by atoms with Crippen molar-refractivity contribution in [1.82, 2.24) is 19.9 Å². The van der Waals surface area contributed by atoms with E-state index in [0.717, 1.165) is 16.7 Å². The van der Waals surface area contributed by atoms with Gasteiger partial charge < -0.3 is 24.1 Å². The third-order valence-electron chi connectivity index (χ3n) is 7.58. The zero-order valence-corrected chi connectivity index (χ0v) is 26.2. The summed E-state index contributed by atoms with van der Waals surface area (Å²) in [4.78, 5) is 28.3. The highest BCUT2D eigenvalue weighted by Gasteiger charge is 2.37. The monoisotopic (exact) mass is 603 g/mol. The maximum absolute atomic E-state index is 11.2. The smallest absolute Gasteiger partial charge is 0.407 e. The first-order valence-electron chi connectivity index (χ1n) is 13.1. The number of rotatable bonds is 7. The number of nitrogens with zero attached hydrogens (tertiary/aromatic N) is 5. The molecule has 0 radical (unpaired) electrons. The molecular weight excluding hydrogens is 569 g/mol. The molecule has 4 rings (SSSR count). The first-order valence-corrected chi connectivity index (χ1v) is 16.7. The van der Waals surface area contributed by atoms with Crippen molar-refractivity contribution in [3.63, 3.8) is 0 Å². The molecule has 2 aromatic heterocycles. The largest absolute Gasteiger partial charge is 0.465 e. The van der Waals surface area contributed by atoms with Crippen LogP contribution in [0.3, 0.4) is 0 Å². The van der Waals surface area contributed by atoms with Crippen LogP contribution in [0.25, 0.3) is 11.3 Å². The number of carboxylic acid groups (broad SMARTS) is 1. The normalized spacial score (nSPS) is 14.4. The zero-order chi connectivity index (χ0) is 29.2. The predicted molar refractivity (Wildman–Crippen MR) is 160 cm³/mol. The summed E-state index contributed by atoms with van der Waals surface area (Å²) >= 11 is 12.6. The molecule has 3 aromatic rings. The van der Waals surface area contributed by atoms with Crippen molar-refractivity contribution in [3.8, 4) is 23.0 Å². The van der Waals surface area contributed by atoms with Crippen LogP contribution in [0, 0.1) is 6.92 Å². The van der Waals surface area contributed by atoms with E-state index >= 15 is 0 Å². The van der Waals surface area contributed by atoms with Gasteiger partial charge in [0.05, 0.1) is 24.7 Å². The molecule has 0 spiro atoms. The van der Waals surface area contributed by atoms with Crippen LogP contribution in [0.4, 0.5) is 10.6 Å². The lowest BCUT2D eigenvalue weighted by Crippen LogP contribution is -2.48. The molecule has 1 aliphatic heterocycles. The highest BCUT2D eigenvalue weighted by Crippen LogP contribution is 2.38. The molecule has 3 heterocycles. The summed E-state index contributed by atoms with van der Waals surface area (Å²) in [6, 6.07) is 7.29. The third-order valence-corrected chi connectivity index (χ3v) is 12.5. The molecule has 40 heavy (non-hydrogen) atoms. The number of piperazine rings is 1. The average molecular weight is 605 g/mol. The fraction of sp³-hybridized carbons (Fsp3) is 0.429. The van der Waals surface area contributed by atoms with Gasteiger partial charge in [0.2, 0.25) is 11.8 Å². The van der Waals surface area contributed by atoms with Crippen LogP contribution < -0.4 is 9.64 Å². The van der Waals surface area contributed by atoms with Gasteiger partial charge in [0, 0.05) is 47.4 Å². The molecule has 12 heteroatoms. The van der Waals surface area contributed by atoms with Gasteiger partial charge in [0.15, 0.2) is 8.32 Å². The molecule has 214 valence electrons. The van der Waals surface area contributed by atoms with E-state index in [1.54, 1.807) is 18.5 Å². The topological polar surface area (TPSA) is 101 Å². The highest BCUT2D eigenvalue weighted by atomic mass is 35.5. The first-order chi connectivity index (χ1) is 18.7. The molecule has 0 atom stereocenters. The minimum Gasteiger partial charge on any atom is -0.465 e.